The Bertz CT molecular complexity index is 1030. The largest absolute Gasteiger partial charge is 0.493 e. The van der Waals surface area contributed by atoms with Crippen molar-refractivity contribution < 1.29 is 19.1 Å². The summed E-state index contributed by atoms with van der Waals surface area (Å²) >= 11 is 0. The highest BCUT2D eigenvalue weighted by Gasteiger charge is 2.08. The van der Waals surface area contributed by atoms with Crippen molar-refractivity contribution in [2.45, 2.75) is 6.54 Å². The van der Waals surface area contributed by atoms with E-state index in [1.807, 2.05) is 24.3 Å². The van der Waals surface area contributed by atoms with Gasteiger partial charge in [0, 0.05) is 0 Å². The molecule has 2 amide bonds. The van der Waals surface area contributed by atoms with Gasteiger partial charge in [0.2, 0.25) is 0 Å². The number of hydrogen-bond donors (Lipinski definition) is 2. The van der Waals surface area contributed by atoms with Gasteiger partial charge >= 0.3 is 0 Å². The van der Waals surface area contributed by atoms with Gasteiger partial charge in [0.05, 0.1) is 18.8 Å². The smallest absolute Gasteiger partial charge is 0.261 e. The number of benzene rings is 2. The molecule has 1 aromatic heterocycles. The Kier molecular flexibility index (Phi) is 5.80. The molecule has 0 bridgehead atoms. The van der Waals surface area contributed by atoms with Crippen LogP contribution in [-0.4, -0.2) is 46.7 Å². The zero-order valence-electron chi connectivity index (χ0n) is 15.0. The molecule has 0 aliphatic rings. The molecule has 2 aromatic carbocycles. The van der Waals surface area contributed by atoms with Crippen LogP contribution in [0.5, 0.6) is 11.5 Å². The molecule has 3 rings (SSSR count). The van der Waals surface area contributed by atoms with Crippen LogP contribution in [0.1, 0.15) is 5.56 Å². The molecule has 10 nitrogen and oxygen atoms in total. The molecule has 0 radical (unpaired) electrons. The zero-order chi connectivity index (χ0) is 19.9. The fraction of sp³-hybridized carbons (Fsp3) is 0.167. The van der Waals surface area contributed by atoms with Crippen LogP contribution in [0.2, 0.25) is 0 Å². The molecule has 0 aliphatic carbocycles. The molecule has 0 aliphatic heterocycles. The van der Waals surface area contributed by atoms with Crippen molar-refractivity contribution in [1.82, 2.24) is 20.4 Å². The first-order chi connectivity index (χ1) is 13.6. The van der Waals surface area contributed by atoms with E-state index in [0.717, 1.165) is 5.52 Å². The third kappa shape index (κ3) is 4.61. The number of nitrogens with zero attached hydrogens (tertiary/aromatic N) is 4. The van der Waals surface area contributed by atoms with E-state index in [2.05, 4.69) is 20.8 Å². The number of hydrogen-bond acceptors (Lipinski definition) is 7. The second kappa shape index (κ2) is 8.62. The van der Waals surface area contributed by atoms with Gasteiger partial charge in [-0.3, -0.25) is 9.59 Å². The Morgan fingerprint density at radius 1 is 1.25 bits per heavy atom. The van der Waals surface area contributed by atoms with E-state index in [1.54, 1.807) is 18.2 Å². The minimum atomic E-state index is -0.587. The summed E-state index contributed by atoms with van der Waals surface area (Å²) in [6.07, 6.45) is 1.46. The molecular formula is C18H18N6O4. The normalized spacial score (nSPS) is 10.9. The predicted molar refractivity (Wildman–Crippen MR) is 101 cm³/mol. The van der Waals surface area contributed by atoms with Crippen LogP contribution in [-0.2, 0) is 16.1 Å². The number of rotatable bonds is 8. The number of primary amides is 1. The van der Waals surface area contributed by atoms with Crippen molar-refractivity contribution >= 4 is 29.1 Å². The first-order valence-electron chi connectivity index (χ1n) is 8.26. The lowest BCUT2D eigenvalue weighted by Crippen LogP contribution is -2.23. The van der Waals surface area contributed by atoms with E-state index in [1.165, 1.54) is 18.0 Å². The van der Waals surface area contributed by atoms with Gasteiger partial charge in [-0.15, -0.1) is 5.10 Å². The van der Waals surface area contributed by atoms with Crippen molar-refractivity contribution in [2.75, 3.05) is 13.7 Å². The van der Waals surface area contributed by atoms with Crippen LogP contribution in [0.4, 0.5) is 0 Å². The maximum atomic E-state index is 12.1. The monoisotopic (exact) mass is 382 g/mol. The number of nitrogens with one attached hydrogen (secondary N) is 1. The van der Waals surface area contributed by atoms with Gasteiger partial charge in [0.15, 0.2) is 18.1 Å². The quantitative estimate of drug-likeness (QED) is 0.429. The second-order valence-corrected chi connectivity index (χ2v) is 5.69. The van der Waals surface area contributed by atoms with E-state index in [9.17, 15) is 9.59 Å². The molecule has 0 atom stereocenters. The molecule has 0 saturated heterocycles. The van der Waals surface area contributed by atoms with Crippen molar-refractivity contribution in [1.29, 1.82) is 0 Å². The predicted octanol–water partition coefficient (Wildman–Crippen LogP) is 0.454. The van der Waals surface area contributed by atoms with Gasteiger partial charge in [-0.05, 0) is 35.9 Å². The Labute approximate surface area is 159 Å². The number of hydrazone groups is 1. The summed E-state index contributed by atoms with van der Waals surface area (Å²) in [6, 6.07) is 12.3. The first-order valence-corrected chi connectivity index (χ1v) is 8.26. The average molecular weight is 382 g/mol. The molecule has 0 fully saturated rings. The number of para-hydroxylation sites is 1. The molecule has 1 heterocycles. The second-order valence-electron chi connectivity index (χ2n) is 5.69. The Balaban J connectivity index is 1.60. The molecule has 10 heteroatoms. The molecule has 0 saturated carbocycles. The molecule has 3 N–H and O–H groups in total. The van der Waals surface area contributed by atoms with Gasteiger partial charge in [-0.25, -0.2) is 10.1 Å². The number of aromatic nitrogens is 3. The number of nitrogens with two attached hydrogens (primary N) is 1. The standard InChI is InChI=1S/C18H18N6O4/c1-27-16-8-12(6-7-15(16)28-11-17(19)25)9-20-22-18(26)10-24-14-5-3-2-4-13(14)21-23-24/h2-9H,10-11H2,1H3,(H2,19,25)(H,22,26)/b20-9+. The summed E-state index contributed by atoms with van der Waals surface area (Å²) in [5, 5.41) is 11.9. The fourth-order valence-electron chi connectivity index (χ4n) is 2.42. The number of amides is 2. The van der Waals surface area contributed by atoms with E-state index in [0.29, 0.717) is 22.6 Å². The lowest BCUT2D eigenvalue weighted by molar-refractivity contribution is -0.122. The summed E-state index contributed by atoms with van der Waals surface area (Å²) in [5.74, 6) is -0.151. The third-order valence-corrected chi connectivity index (χ3v) is 3.67. The molecular weight excluding hydrogens is 364 g/mol. The van der Waals surface area contributed by atoms with Crippen LogP contribution in [0.25, 0.3) is 11.0 Å². The minimum absolute atomic E-state index is 0.0128. The minimum Gasteiger partial charge on any atom is -0.493 e. The zero-order valence-corrected chi connectivity index (χ0v) is 15.0. The van der Waals surface area contributed by atoms with Gasteiger partial charge in [0.25, 0.3) is 11.8 Å². The topological polar surface area (TPSA) is 134 Å². The molecule has 0 unspecified atom stereocenters. The van der Waals surface area contributed by atoms with E-state index in [4.69, 9.17) is 15.2 Å². The van der Waals surface area contributed by atoms with Crippen molar-refractivity contribution in [3.63, 3.8) is 0 Å². The average Bonchev–Trinajstić information content (AvgIpc) is 3.09. The summed E-state index contributed by atoms with van der Waals surface area (Å²) in [7, 11) is 1.47. The highest BCUT2D eigenvalue weighted by molar-refractivity contribution is 5.84. The fourth-order valence-corrected chi connectivity index (χ4v) is 2.42. The van der Waals surface area contributed by atoms with Crippen molar-refractivity contribution in [3.8, 4) is 11.5 Å². The SMILES string of the molecule is COc1cc(/C=N/NC(=O)Cn2nnc3ccccc32)ccc1OCC(N)=O. The van der Waals surface area contributed by atoms with Crippen LogP contribution >= 0.6 is 0 Å². The number of fused-ring (bicyclic) bond motifs is 1. The Morgan fingerprint density at radius 2 is 2.07 bits per heavy atom. The number of carbonyl (C=O) groups is 2. The van der Waals surface area contributed by atoms with Crippen molar-refractivity contribution in [2.24, 2.45) is 10.8 Å². The lowest BCUT2D eigenvalue weighted by atomic mass is 10.2. The number of ether oxygens (including phenoxy) is 2. The molecule has 28 heavy (non-hydrogen) atoms. The van der Waals surface area contributed by atoms with E-state index >= 15 is 0 Å². The summed E-state index contributed by atoms with van der Waals surface area (Å²) in [4.78, 5) is 22.9. The Hall–Kier alpha value is -3.95. The van der Waals surface area contributed by atoms with E-state index < -0.39 is 5.91 Å². The summed E-state index contributed by atoms with van der Waals surface area (Å²) in [5.41, 5.74) is 9.63. The van der Waals surface area contributed by atoms with Crippen LogP contribution in [0.15, 0.2) is 47.6 Å². The highest BCUT2D eigenvalue weighted by Crippen LogP contribution is 2.27. The number of carbonyl (C=O) groups excluding carboxylic acids is 2. The van der Waals surface area contributed by atoms with Crippen molar-refractivity contribution in [3.05, 3.63) is 48.0 Å². The van der Waals surface area contributed by atoms with Gasteiger partial charge in [-0.2, -0.15) is 5.10 Å². The van der Waals surface area contributed by atoms with Crippen LogP contribution in [0, 0.1) is 0 Å². The highest BCUT2D eigenvalue weighted by atomic mass is 16.5. The van der Waals surface area contributed by atoms with Gasteiger partial charge in [-0.1, -0.05) is 17.3 Å². The lowest BCUT2D eigenvalue weighted by Gasteiger charge is -2.09. The third-order valence-electron chi connectivity index (χ3n) is 3.67. The van der Waals surface area contributed by atoms with Crippen LogP contribution < -0.4 is 20.6 Å². The van der Waals surface area contributed by atoms with Crippen LogP contribution in [0.3, 0.4) is 0 Å². The Morgan fingerprint density at radius 3 is 2.86 bits per heavy atom. The van der Waals surface area contributed by atoms with Gasteiger partial charge in [0.1, 0.15) is 12.1 Å². The maximum absolute atomic E-state index is 12.1. The van der Waals surface area contributed by atoms with Gasteiger partial charge < -0.3 is 15.2 Å². The first kappa shape index (κ1) is 18.8. The summed E-state index contributed by atoms with van der Waals surface area (Å²) < 4.78 is 12.0. The molecule has 0 spiro atoms. The molecule has 144 valence electrons. The van der Waals surface area contributed by atoms with E-state index in [-0.39, 0.29) is 19.1 Å². The summed E-state index contributed by atoms with van der Waals surface area (Å²) in [6.45, 7) is -0.266. The maximum Gasteiger partial charge on any atom is 0.261 e. The molecule has 3 aromatic rings. The number of methoxy groups -OCH3 is 1.